The topological polar surface area (TPSA) is 74.1 Å². The van der Waals surface area contributed by atoms with Gasteiger partial charge in [-0.15, -0.1) is 0 Å². The number of nitrogens with zero attached hydrogens (tertiary/aromatic N) is 3. The molecule has 5 nitrogen and oxygen atoms in total. The molecule has 2 heterocycles. The van der Waals surface area contributed by atoms with E-state index in [1.165, 1.54) is 18.5 Å². The summed E-state index contributed by atoms with van der Waals surface area (Å²) in [6, 6.07) is 2.83. The second kappa shape index (κ2) is 4.34. The minimum Gasteiger partial charge on any atom is -0.269 e. The number of fused-ring (bicyclic) bond motifs is 1. The molecule has 1 atom stereocenters. The first-order valence-corrected chi connectivity index (χ1v) is 5.42. The lowest BCUT2D eigenvalue weighted by atomic mass is 10.1. The van der Waals surface area contributed by atoms with Crippen molar-refractivity contribution in [2.45, 2.75) is 25.8 Å². The van der Waals surface area contributed by atoms with Crippen LogP contribution >= 0.6 is 0 Å². The lowest BCUT2D eigenvalue weighted by molar-refractivity contribution is 0.0613. The van der Waals surface area contributed by atoms with Gasteiger partial charge in [0.1, 0.15) is 6.04 Å². The molecule has 0 saturated heterocycles. The van der Waals surface area contributed by atoms with Gasteiger partial charge < -0.3 is 0 Å². The second-order valence-electron chi connectivity index (χ2n) is 3.84. The Morgan fingerprint density at radius 2 is 2.12 bits per heavy atom. The third-order valence-corrected chi connectivity index (χ3v) is 2.74. The fourth-order valence-corrected chi connectivity index (χ4v) is 1.91. The average Bonchev–Trinajstić information content (AvgIpc) is 2.61. The van der Waals surface area contributed by atoms with Gasteiger partial charge >= 0.3 is 0 Å². The van der Waals surface area contributed by atoms with E-state index in [4.69, 9.17) is 5.26 Å². The molecule has 0 N–H and O–H groups in total. The van der Waals surface area contributed by atoms with Crippen LogP contribution in [0.4, 0.5) is 0 Å². The molecular weight excluding hydrogens is 218 g/mol. The molecule has 86 valence electrons. The summed E-state index contributed by atoms with van der Waals surface area (Å²) in [4.78, 5) is 28.9. The molecule has 1 aliphatic heterocycles. The first-order valence-electron chi connectivity index (χ1n) is 5.42. The van der Waals surface area contributed by atoms with E-state index in [-0.39, 0.29) is 5.56 Å². The van der Waals surface area contributed by atoms with E-state index in [0.717, 1.165) is 11.3 Å². The van der Waals surface area contributed by atoms with Crippen molar-refractivity contribution in [1.29, 1.82) is 5.26 Å². The Kier molecular flexibility index (Phi) is 2.88. The van der Waals surface area contributed by atoms with Gasteiger partial charge in [0.25, 0.3) is 11.8 Å². The van der Waals surface area contributed by atoms with Crippen LogP contribution in [0.25, 0.3) is 0 Å². The van der Waals surface area contributed by atoms with Crippen LogP contribution in [0.5, 0.6) is 0 Å². The number of hydrogen-bond acceptors (Lipinski definition) is 4. The molecule has 0 spiro atoms. The Hall–Kier alpha value is -2.22. The first-order chi connectivity index (χ1) is 8.20. The second-order valence-corrected chi connectivity index (χ2v) is 3.84. The van der Waals surface area contributed by atoms with Crippen molar-refractivity contribution < 1.29 is 9.59 Å². The van der Waals surface area contributed by atoms with Gasteiger partial charge in [0.2, 0.25) is 0 Å². The Morgan fingerprint density at radius 3 is 2.71 bits per heavy atom. The van der Waals surface area contributed by atoms with Crippen LogP contribution in [0.1, 0.15) is 40.5 Å². The van der Waals surface area contributed by atoms with Crippen molar-refractivity contribution in [2.24, 2.45) is 0 Å². The minimum atomic E-state index is -0.688. The molecule has 1 unspecified atom stereocenters. The molecule has 17 heavy (non-hydrogen) atoms. The zero-order valence-corrected chi connectivity index (χ0v) is 9.38. The van der Waals surface area contributed by atoms with Gasteiger partial charge in [0, 0.05) is 12.4 Å². The van der Waals surface area contributed by atoms with Crippen molar-refractivity contribution in [3.05, 3.63) is 29.6 Å². The smallest absolute Gasteiger partial charge is 0.264 e. The van der Waals surface area contributed by atoms with Crippen LogP contribution in [-0.2, 0) is 0 Å². The van der Waals surface area contributed by atoms with E-state index in [2.05, 4.69) is 4.98 Å². The maximum atomic E-state index is 12.0. The summed E-state index contributed by atoms with van der Waals surface area (Å²) in [6.07, 6.45) is 4.07. The van der Waals surface area contributed by atoms with Gasteiger partial charge in [-0.2, -0.15) is 5.26 Å². The van der Waals surface area contributed by atoms with Gasteiger partial charge in [-0.3, -0.25) is 19.5 Å². The highest BCUT2D eigenvalue weighted by Crippen LogP contribution is 2.24. The van der Waals surface area contributed by atoms with Crippen LogP contribution < -0.4 is 0 Å². The highest BCUT2D eigenvalue weighted by Gasteiger charge is 2.39. The first kappa shape index (κ1) is 11.3. The number of amides is 2. The monoisotopic (exact) mass is 229 g/mol. The van der Waals surface area contributed by atoms with E-state index in [1.807, 2.05) is 13.0 Å². The summed E-state index contributed by atoms with van der Waals surface area (Å²) in [5, 5.41) is 9.02. The van der Waals surface area contributed by atoms with Gasteiger partial charge in [-0.25, -0.2) is 0 Å². The van der Waals surface area contributed by atoms with E-state index in [1.54, 1.807) is 0 Å². The number of nitriles is 1. The SMILES string of the molecule is CCCC(C#N)N1C(=O)c2ccncc2C1=O. The predicted molar refractivity (Wildman–Crippen MR) is 59.0 cm³/mol. The molecule has 0 saturated carbocycles. The van der Waals surface area contributed by atoms with Crippen molar-refractivity contribution in [2.75, 3.05) is 0 Å². The number of aromatic nitrogens is 1. The molecule has 0 aromatic carbocycles. The van der Waals surface area contributed by atoms with Gasteiger partial charge in [-0.05, 0) is 12.5 Å². The van der Waals surface area contributed by atoms with E-state index < -0.39 is 17.9 Å². The molecule has 1 aromatic heterocycles. The molecule has 2 rings (SSSR count). The molecule has 5 heteroatoms. The molecule has 0 fully saturated rings. The van der Waals surface area contributed by atoms with E-state index in [0.29, 0.717) is 12.0 Å². The van der Waals surface area contributed by atoms with Crippen LogP contribution in [0.3, 0.4) is 0 Å². The highest BCUT2D eigenvalue weighted by molar-refractivity contribution is 6.21. The van der Waals surface area contributed by atoms with Gasteiger partial charge in [0.15, 0.2) is 0 Å². The number of carbonyl (C=O) groups is 2. The average molecular weight is 229 g/mol. The summed E-state index contributed by atoms with van der Waals surface area (Å²) in [5.74, 6) is -0.814. The Labute approximate surface area is 98.7 Å². The lowest BCUT2D eigenvalue weighted by Crippen LogP contribution is -2.38. The lowest BCUT2D eigenvalue weighted by Gasteiger charge is -2.19. The van der Waals surface area contributed by atoms with Crippen LogP contribution in [0.15, 0.2) is 18.5 Å². The molecule has 0 radical (unpaired) electrons. The number of imide groups is 1. The highest BCUT2D eigenvalue weighted by atomic mass is 16.2. The summed E-state index contributed by atoms with van der Waals surface area (Å²) in [7, 11) is 0. The van der Waals surface area contributed by atoms with Gasteiger partial charge in [-0.1, -0.05) is 13.3 Å². The normalized spacial score (nSPS) is 15.6. The molecule has 2 amide bonds. The van der Waals surface area contributed by atoms with Crippen LogP contribution in [0.2, 0.25) is 0 Å². The number of hydrogen-bond donors (Lipinski definition) is 0. The summed E-state index contributed by atoms with van der Waals surface area (Å²) in [6.45, 7) is 1.91. The van der Waals surface area contributed by atoms with Crippen LogP contribution in [-0.4, -0.2) is 27.7 Å². The van der Waals surface area contributed by atoms with Crippen molar-refractivity contribution in [3.8, 4) is 6.07 Å². The van der Waals surface area contributed by atoms with E-state index >= 15 is 0 Å². The zero-order valence-electron chi connectivity index (χ0n) is 9.38. The third-order valence-electron chi connectivity index (χ3n) is 2.74. The summed E-state index contributed by atoms with van der Waals surface area (Å²) in [5.41, 5.74) is 0.621. The number of rotatable bonds is 3. The number of carbonyl (C=O) groups excluding carboxylic acids is 2. The van der Waals surface area contributed by atoms with Crippen molar-refractivity contribution >= 4 is 11.8 Å². The maximum Gasteiger partial charge on any atom is 0.264 e. The van der Waals surface area contributed by atoms with Crippen molar-refractivity contribution in [1.82, 2.24) is 9.88 Å². The molecule has 1 aliphatic rings. The maximum absolute atomic E-state index is 12.0. The molecule has 0 bridgehead atoms. The zero-order chi connectivity index (χ0) is 12.4. The Bertz CT molecular complexity index is 484. The third kappa shape index (κ3) is 1.68. The standard InChI is InChI=1S/C12H11N3O2/c1-2-3-8(6-13)15-11(16)9-4-5-14-7-10(9)12(15)17/h4-5,7-8H,2-3H2,1H3. The van der Waals surface area contributed by atoms with E-state index in [9.17, 15) is 9.59 Å². The Morgan fingerprint density at radius 1 is 1.41 bits per heavy atom. The van der Waals surface area contributed by atoms with Crippen LogP contribution in [0, 0.1) is 11.3 Å². The summed E-state index contributed by atoms with van der Waals surface area (Å²) >= 11 is 0. The molecule has 1 aromatic rings. The van der Waals surface area contributed by atoms with Crippen molar-refractivity contribution in [3.63, 3.8) is 0 Å². The Balaban J connectivity index is 2.39. The minimum absolute atomic E-state index is 0.286. The molecular formula is C12H11N3O2. The number of pyridine rings is 1. The summed E-state index contributed by atoms with van der Waals surface area (Å²) < 4.78 is 0. The largest absolute Gasteiger partial charge is 0.269 e. The predicted octanol–water partition coefficient (Wildman–Crippen LogP) is 1.37. The quantitative estimate of drug-likeness (QED) is 0.733. The fourth-order valence-electron chi connectivity index (χ4n) is 1.91. The molecule has 0 aliphatic carbocycles. The van der Waals surface area contributed by atoms with Gasteiger partial charge in [0.05, 0.1) is 17.2 Å². The fraction of sp³-hybridized carbons (Fsp3) is 0.333.